The number of fused-ring (bicyclic) bond motifs is 3. The molecule has 0 radical (unpaired) electrons. The first-order chi connectivity index (χ1) is 11.6. The third-order valence-electron chi connectivity index (χ3n) is 4.90. The van der Waals surface area contributed by atoms with Crippen LogP contribution >= 0.6 is 12.2 Å². The minimum Gasteiger partial charge on any atom is -0.373 e. The van der Waals surface area contributed by atoms with Crippen LogP contribution < -0.4 is 10.9 Å². The van der Waals surface area contributed by atoms with E-state index in [4.69, 9.17) is 17.0 Å². The van der Waals surface area contributed by atoms with Gasteiger partial charge in [-0.15, -0.1) is 0 Å². The van der Waals surface area contributed by atoms with Crippen molar-refractivity contribution in [3.05, 3.63) is 39.4 Å². The Bertz CT molecular complexity index is 904. The van der Waals surface area contributed by atoms with Crippen LogP contribution in [0.4, 0.5) is 0 Å². The molecule has 2 bridgehead atoms. The zero-order chi connectivity index (χ0) is 16.7. The van der Waals surface area contributed by atoms with E-state index in [0.29, 0.717) is 21.8 Å². The number of nitrogens with zero attached hydrogens (tertiary/aromatic N) is 1. The summed E-state index contributed by atoms with van der Waals surface area (Å²) in [5.41, 5.74) is 0.553. The first kappa shape index (κ1) is 15.5. The predicted molar refractivity (Wildman–Crippen MR) is 92.5 cm³/mol. The van der Waals surface area contributed by atoms with E-state index in [1.807, 2.05) is 18.2 Å². The predicted octanol–water partition coefficient (Wildman–Crippen LogP) is 1.89. The number of nitrogens with one attached hydrogen (secondary N) is 2. The Hall–Kier alpha value is -1.99. The summed E-state index contributed by atoms with van der Waals surface area (Å²) in [5, 5.41) is 3.61. The number of amides is 1. The lowest BCUT2D eigenvalue weighted by Crippen LogP contribution is -2.41. The Morgan fingerprint density at radius 3 is 2.96 bits per heavy atom. The summed E-state index contributed by atoms with van der Waals surface area (Å²) in [6.07, 6.45) is 3.70. The molecule has 3 heterocycles. The van der Waals surface area contributed by atoms with Crippen molar-refractivity contribution in [2.75, 3.05) is 0 Å². The number of carbonyl (C=O) groups is 1. The average molecular weight is 345 g/mol. The molecule has 24 heavy (non-hydrogen) atoms. The van der Waals surface area contributed by atoms with Gasteiger partial charge in [-0.1, -0.05) is 12.1 Å². The van der Waals surface area contributed by atoms with Crippen molar-refractivity contribution in [3.63, 3.8) is 0 Å². The average Bonchev–Trinajstić information content (AvgIpc) is 3.17. The number of hydrogen-bond donors (Lipinski definition) is 2. The van der Waals surface area contributed by atoms with Gasteiger partial charge in [0.2, 0.25) is 5.91 Å². The maximum Gasteiger partial charge on any atom is 0.262 e. The SMILES string of the molecule is O=C(CCn1c(=S)[nH]c2ccccc2c1=O)N[C@@H]1C[C@H]2CC[C@H]1O2. The van der Waals surface area contributed by atoms with Crippen molar-refractivity contribution in [3.8, 4) is 0 Å². The van der Waals surface area contributed by atoms with Crippen LogP contribution in [0.5, 0.6) is 0 Å². The fourth-order valence-electron chi connectivity index (χ4n) is 3.68. The second-order valence-electron chi connectivity index (χ2n) is 6.47. The molecular formula is C17H19N3O3S. The van der Waals surface area contributed by atoms with Crippen molar-refractivity contribution in [2.45, 2.75) is 50.5 Å². The molecule has 2 aromatic rings. The summed E-state index contributed by atoms with van der Waals surface area (Å²) in [6, 6.07) is 7.35. The minimum atomic E-state index is -0.162. The Labute approximate surface area is 143 Å². The number of hydrogen-bond acceptors (Lipinski definition) is 4. The normalized spacial score (nSPS) is 25.2. The number of aromatic nitrogens is 2. The highest BCUT2D eigenvalue weighted by molar-refractivity contribution is 7.71. The van der Waals surface area contributed by atoms with Crippen LogP contribution in [0.25, 0.3) is 10.9 Å². The van der Waals surface area contributed by atoms with E-state index in [0.717, 1.165) is 19.3 Å². The maximum absolute atomic E-state index is 12.5. The highest BCUT2D eigenvalue weighted by Gasteiger charge is 2.41. The second-order valence-corrected chi connectivity index (χ2v) is 6.85. The monoisotopic (exact) mass is 345 g/mol. The number of aromatic amines is 1. The van der Waals surface area contributed by atoms with Gasteiger partial charge in [-0.3, -0.25) is 14.2 Å². The van der Waals surface area contributed by atoms with E-state index >= 15 is 0 Å². The van der Waals surface area contributed by atoms with E-state index in [-0.39, 0.29) is 36.6 Å². The number of H-pyrrole nitrogens is 1. The Balaban J connectivity index is 1.46. The first-order valence-electron chi connectivity index (χ1n) is 8.28. The topological polar surface area (TPSA) is 76.1 Å². The van der Waals surface area contributed by atoms with E-state index in [1.54, 1.807) is 6.07 Å². The van der Waals surface area contributed by atoms with Gasteiger partial charge in [0.15, 0.2) is 4.77 Å². The molecule has 0 unspecified atom stereocenters. The molecule has 2 saturated heterocycles. The number of para-hydroxylation sites is 1. The van der Waals surface area contributed by atoms with E-state index < -0.39 is 0 Å². The van der Waals surface area contributed by atoms with Crippen LogP contribution in [-0.2, 0) is 16.1 Å². The summed E-state index contributed by atoms with van der Waals surface area (Å²) < 4.78 is 7.54. The van der Waals surface area contributed by atoms with Gasteiger partial charge in [0.05, 0.1) is 29.2 Å². The number of rotatable bonds is 4. The zero-order valence-corrected chi connectivity index (χ0v) is 14.0. The van der Waals surface area contributed by atoms with Gasteiger partial charge in [0.25, 0.3) is 5.56 Å². The first-order valence-corrected chi connectivity index (χ1v) is 8.69. The van der Waals surface area contributed by atoms with E-state index in [9.17, 15) is 9.59 Å². The number of carbonyl (C=O) groups excluding carboxylic acids is 1. The number of ether oxygens (including phenoxy) is 1. The molecule has 2 N–H and O–H groups in total. The highest BCUT2D eigenvalue weighted by Crippen LogP contribution is 2.34. The molecule has 4 rings (SSSR count). The Kier molecular flexibility index (Phi) is 3.97. The standard InChI is InChI=1S/C17H19N3O3S/c21-15(18-13-9-10-5-6-14(13)23-10)7-8-20-16(22)11-3-1-2-4-12(11)19-17(20)24/h1-4,10,13-14H,5-9H2,(H,18,21)(H,19,24)/t10-,13-,14-/m1/s1. The van der Waals surface area contributed by atoms with Crippen LogP contribution in [-0.4, -0.2) is 33.7 Å². The summed E-state index contributed by atoms with van der Waals surface area (Å²) in [6.45, 7) is 0.270. The van der Waals surface area contributed by atoms with Crippen molar-refractivity contribution in [2.24, 2.45) is 0 Å². The van der Waals surface area contributed by atoms with Crippen molar-refractivity contribution >= 4 is 29.0 Å². The largest absolute Gasteiger partial charge is 0.373 e. The highest BCUT2D eigenvalue weighted by atomic mass is 32.1. The number of benzene rings is 1. The molecule has 2 fully saturated rings. The molecule has 1 amide bonds. The van der Waals surface area contributed by atoms with E-state index in [1.165, 1.54) is 4.57 Å². The zero-order valence-electron chi connectivity index (χ0n) is 13.2. The van der Waals surface area contributed by atoms with Crippen LogP contribution in [0, 0.1) is 4.77 Å². The van der Waals surface area contributed by atoms with Crippen molar-refractivity contribution < 1.29 is 9.53 Å². The summed E-state index contributed by atoms with van der Waals surface area (Å²) >= 11 is 5.26. The lowest BCUT2D eigenvalue weighted by molar-refractivity contribution is -0.122. The third-order valence-corrected chi connectivity index (χ3v) is 5.23. The van der Waals surface area contributed by atoms with Crippen LogP contribution in [0.3, 0.4) is 0 Å². The lowest BCUT2D eigenvalue weighted by Gasteiger charge is -2.20. The second kappa shape index (κ2) is 6.14. The van der Waals surface area contributed by atoms with Gasteiger partial charge in [-0.05, 0) is 43.6 Å². The fraction of sp³-hybridized carbons (Fsp3) is 0.471. The van der Waals surface area contributed by atoms with Gasteiger partial charge >= 0.3 is 0 Å². The molecule has 2 aliphatic heterocycles. The van der Waals surface area contributed by atoms with Crippen LogP contribution in [0.1, 0.15) is 25.7 Å². The molecule has 0 saturated carbocycles. The smallest absolute Gasteiger partial charge is 0.262 e. The van der Waals surface area contributed by atoms with Crippen molar-refractivity contribution in [1.82, 2.24) is 14.9 Å². The summed E-state index contributed by atoms with van der Waals surface area (Å²) in [4.78, 5) is 27.8. The fourth-order valence-corrected chi connectivity index (χ4v) is 3.97. The molecule has 126 valence electrons. The molecular weight excluding hydrogens is 326 g/mol. The molecule has 3 atom stereocenters. The van der Waals surface area contributed by atoms with Gasteiger partial charge in [0, 0.05) is 13.0 Å². The molecule has 6 nitrogen and oxygen atoms in total. The molecule has 0 aliphatic carbocycles. The third kappa shape index (κ3) is 2.78. The molecule has 2 aliphatic rings. The summed E-state index contributed by atoms with van der Waals surface area (Å²) in [5.74, 6) is -0.0643. The Morgan fingerprint density at radius 2 is 2.21 bits per heavy atom. The quantitative estimate of drug-likeness (QED) is 0.830. The molecule has 0 spiro atoms. The maximum atomic E-state index is 12.5. The van der Waals surface area contributed by atoms with Gasteiger partial charge in [-0.25, -0.2) is 0 Å². The van der Waals surface area contributed by atoms with E-state index in [2.05, 4.69) is 10.3 Å². The van der Waals surface area contributed by atoms with Crippen molar-refractivity contribution in [1.29, 1.82) is 0 Å². The van der Waals surface area contributed by atoms with Gasteiger partial charge in [0.1, 0.15) is 0 Å². The van der Waals surface area contributed by atoms with Crippen LogP contribution in [0.15, 0.2) is 29.1 Å². The molecule has 7 heteroatoms. The Morgan fingerprint density at radius 1 is 1.38 bits per heavy atom. The lowest BCUT2D eigenvalue weighted by atomic mass is 9.95. The summed E-state index contributed by atoms with van der Waals surface area (Å²) in [7, 11) is 0. The molecule has 1 aromatic heterocycles. The minimum absolute atomic E-state index is 0.0643. The molecule has 1 aromatic carbocycles. The van der Waals surface area contributed by atoms with Crippen LogP contribution in [0.2, 0.25) is 0 Å². The van der Waals surface area contributed by atoms with Gasteiger partial charge < -0.3 is 15.0 Å². The van der Waals surface area contributed by atoms with Gasteiger partial charge in [-0.2, -0.15) is 0 Å².